The van der Waals surface area contributed by atoms with Crippen molar-refractivity contribution in [3.8, 4) is 0 Å². The van der Waals surface area contributed by atoms with Gasteiger partial charge < -0.3 is 10.0 Å². The minimum absolute atomic E-state index is 0.0197. The van der Waals surface area contributed by atoms with E-state index >= 15 is 0 Å². The lowest BCUT2D eigenvalue weighted by Gasteiger charge is -2.22. The number of carboxylic acids is 1. The number of nitro groups is 1. The van der Waals surface area contributed by atoms with Crippen LogP contribution in [0.1, 0.15) is 19.3 Å². The molecular formula is C13H14N2O5. The number of nitro benzene ring substituents is 1. The van der Waals surface area contributed by atoms with Crippen LogP contribution in [-0.2, 0) is 9.59 Å². The van der Waals surface area contributed by atoms with Crippen molar-refractivity contribution in [1.82, 2.24) is 0 Å². The van der Waals surface area contributed by atoms with Gasteiger partial charge in [0.15, 0.2) is 0 Å². The second-order valence-electron chi connectivity index (χ2n) is 4.68. The first-order chi connectivity index (χ1) is 9.49. The van der Waals surface area contributed by atoms with E-state index in [1.807, 2.05) is 0 Å². The normalized spacial score (nSPS) is 13.8. The molecule has 0 atom stereocenters. The molecule has 0 bridgehead atoms. The maximum atomic E-state index is 12.2. The zero-order valence-electron chi connectivity index (χ0n) is 10.7. The van der Waals surface area contributed by atoms with Crippen molar-refractivity contribution in [2.75, 3.05) is 11.4 Å². The summed E-state index contributed by atoms with van der Waals surface area (Å²) in [5.41, 5.74) is 0.253. The lowest BCUT2D eigenvalue weighted by atomic mass is 10.2. The van der Waals surface area contributed by atoms with Gasteiger partial charge in [0.1, 0.15) is 0 Å². The van der Waals surface area contributed by atoms with E-state index < -0.39 is 10.9 Å². The summed E-state index contributed by atoms with van der Waals surface area (Å²) in [6, 6.07) is 5.69. The van der Waals surface area contributed by atoms with Crippen LogP contribution in [0, 0.1) is 16.0 Å². The number of carbonyl (C=O) groups is 2. The van der Waals surface area contributed by atoms with Crippen molar-refractivity contribution >= 4 is 23.3 Å². The third kappa shape index (κ3) is 3.31. The van der Waals surface area contributed by atoms with Gasteiger partial charge in [-0.15, -0.1) is 0 Å². The highest BCUT2D eigenvalue weighted by Gasteiger charge is 2.34. The number of nitrogens with zero attached hydrogens (tertiary/aromatic N) is 2. The molecule has 0 radical (unpaired) electrons. The number of hydrogen-bond acceptors (Lipinski definition) is 4. The molecule has 0 unspecified atom stereocenters. The van der Waals surface area contributed by atoms with E-state index in [1.165, 1.54) is 23.1 Å². The first kappa shape index (κ1) is 14.0. The molecular weight excluding hydrogens is 264 g/mol. The van der Waals surface area contributed by atoms with Gasteiger partial charge >= 0.3 is 5.97 Å². The topological polar surface area (TPSA) is 101 Å². The van der Waals surface area contributed by atoms with E-state index in [9.17, 15) is 19.7 Å². The maximum absolute atomic E-state index is 12.2. The Morgan fingerprint density at radius 1 is 1.40 bits per heavy atom. The van der Waals surface area contributed by atoms with Gasteiger partial charge in [-0.3, -0.25) is 19.7 Å². The Balaban J connectivity index is 2.24. The number of aliphatic carboxylic acids is 1. The van der Waals surface area contributed by atoms with Crippen LogP contribution in [0.15, 0.2) is 24.3 Å². The van der Waals surface area contributed by atoms with Gasteiger partial charge in [0.25, 0.3) is 5.69 Å². The molecule has 106 valence electrons. The van der Waals surface area contributed by atoms with Crippen molar-refractivity contribution in [3.63, 3.8) is 0 Å². The smallest absolute Gasteiger partial charge is 0.305 e. The quantitative estimate of drug-likeness (QED) is 0.631. The molecule has 7 nitrogen and oxygen atoms in total. The number of anilines is 1. The van der Waals surface area contributed by atoms with E-state index in [0.717, 1.165) is 12.8 Å². The Morgan fingerprint density at radius 3 is 2.65 bits per heavy atom. The number of amides is 1. The van der Waals surface area contributed by atoms with Gasteiger partial charge in [0.2, 0.25) is 5.91 Å². The van der Waals surface area contributed by atoms with Crippen molar-refractivity contribution < 1.29 is 19.6 Å². The molecule has 1 saturated carbocycles. The second-order valence-corrected chi connectivity index (χ2v) is 4.68. The molecule has 1 aromatic carbocycles. The fourth-order valence-electron chi connectivity index (χ4n) is 1.90. The molecule has 0 heterocycles. The summed E-state index contributed by atoms with van der Waals surface area (Å²) in [6.45, 7) is 0.0197. The molecule has 0 spiro atoms. The summed E-state index contributed by atoms with van der Waals surface area (Å²) in [4.78, 5) is 34.4. The standard InChI is InChI=1S/C13H14N2O5/c16-12(17)6-7-14(13(18)9-4-5-9)10-2-1-3-11(8-10)15(19)20/h1-3,8-9H,4-7H2,(H,16,17). The number of carbonyl (C=O) groups excluding carboxylic acids is 1. The van der Waals surface area contributed by atoms with Gasteiger partial charge in [-0.1, -0.05) is 6.07 Å². The number of carboxylic acid groups (broad SMARTS) is 1. The lowest BCUT2D eigenvalue weighted by Crippen LogP contribution is -2.34. The van der Waals surface area contributed by atoms with E-state index in [2.05, 4.69) is 0 Å². The largest absolute Gasteiger partial charge is 0.481 e. The van der Waals surface area contributed by atoms with E-state index in [0.29, 0.717) is 5.69 Å². The number of benzene rings is 1. The second kappa shape index (κ2) is 5.68. The monoisotopic (exact) mass is 278 g/mol. The molecule has 1 aromatic rings. The Hall–Kier alpha value is -2.44. The minimum atomic E-state index is -1.01. The molecule has 1 fully saturated rings. The first-order valence-corrected chi connectivity index (χ1v) is 6.26. The third-order valence-corrected chi connectivity index (χ3v) is 3.09. The highest BCUT2D eigenvalue weighted by molar-refractivity contribution is 5.97. The van der Waals surface area contributed by atoms with Crippen molar-refractivity contribution in [3.05, 3.63) is 34.4 Å². The van der Waals surface area contributed by atoms with Crippen molar-refractivity contribution in [1.29, 1.82) is 0 Å². The van der Waals surface area contributed by atoms with Crippen LogP contribution in [0.2, 0.25) is 0 Å². The van der Waals surface area contributed by atoms with Gasteiger partial charge in [-0.2, -0.15) is 0 Å². The maximum Gasteiger partial charge on any atom is 0.305 e. The summed E-state index contributed by atoms with van der Waals surface area (Å²) in [5.74, 6) is -1.25. The SMILES string of the molecule is O=C(O)CCN(C(=O)C1CC1)c1cccc([N+](=O)[O-])c1. The van der Waals surface area contributed by atoms with Crippen LogP contribution in [-0.4, -0.2) is 28.5 Å². The lowest BCUT2D eigenvalue weighted by molar-refractivity contribution is -0.384. The minimum Gasteiger partial charge on any atom is -0.481 e. The van der Waals surface area contributed by atoms with Gasteiger partial charge in [0, 0.05) is 24.6 Å². The first-order valence-electron chi connectivity index (χ1n) is 6.26. The average molecular weight is 278 g/mol. The van der Waals surface area contributed by atoms with Gasteiger partial charge in [-0.25, -0.2) is 0 Å². The van der Waals surface area contributed by atoms with E-state index in [1.54, 1.807) is 6.07 Å². The van der Waals surface area contributed by atoms with E-state index in [4.69, 9.17) is 5.11 Å². The van der Waals surface area contributed by atoms with Crippen LogP contribution in [0.5, 0.6) is 0 Å². The summed E-state index contributed by atoms with van der Waals surface area (Å²) in [6.07, 6.45) is 1.38. The Labute approximate surface area is 115 Å². The molecule has 2 rings (SSSR count). The predicted octanol–water partition coefficient (Wildman–Crippen LogP) is 1.81. The number of rotatable bonds is 6. The summed E-state index contributed by atoms with van der Waals surface area (Å²) < 4.78 is 0. The molecule has 0 aliphatic heterocycles. The van der Waals surface area contributed by atoms with E-state index in [-0.39, 0.29) is 30.5 Å². The van der Waals surface area contributed by atoms with Gasteiger partial charge in [-0.05, 0) is 18.9 Å². The summed E-state index contributed by atoms with van der Waals surface area (Å²) in [7, 11) is 0. The molecule has 1 aliphatic carbocycles. The molecule has 0 saturated heterocycles. The summed E-state index contributed by atoms with van der Waals surface area (Å²) in [5, 5.41) is 19.5. The zero-order chi connectivity index (χ0) is 14.7. The van der Waals surface area contributed by atoms with Crippen LogP contribution in [0.25, 0.3) is 0 Å². The molecule has 1 amide bonds. The predicted molar refractivity (Wildman–Crippen MR) is 70.4 cm³/mol. The zero-order valence-corrected chi connectivity index (χ0v) is 10.7. The van der Waals surface area contributed by atoms with Crippen molar-refractivity contribution in [2.24, 2.45) is 5.92 Å². The fourth-order valence-corrected chi connectivity index (χ4v) is 1.90. The third-order valence-electron chi connectivity index (χ3n) is 3.09. The highest BCUT2D eigenvalue weighted by atomic mass is 16.6. The molecule has 0 aromatic heterocycles. The molecule has 1 aliphatic rings. The van der Waals surface area contributed by atoms with Crippen molar-refractivity contribution in [2.45, 2.75) is 19.3 Å². The van der Waals surface area contributed by atoms with Crippen LogP contribution in [0.4, 0.5) is 11.4 Å². The van der Waals surface area contributed by atoms with Crippen LogP contribution >= 0.6 is 0 Å². The molecule has 7 heteroatoms. The fraction of sp³-hybridized carbons (Fsp3) is 0.385. The van der Waals surface area contributed by atoms with Crippen LogP contribution in [0.3, 0.4) is 0 Å². The Bertz CT molecular complexity index is 553. The van der Waals surface area contributed by atoms with Crippen LogP contribution < -0.4 is 4.90 Å². The Kier molecular flexibility index (Phi) is 3.97. The number of non-ortho nitro benzene ring substituents is 1. The van der Waals surface area contributed by atoms with Gasteiger partial charge in [0.05, 0.1) is 17.0 Å². The molecule has 20 heavy (non-hydrogen) atoms. The highest BCUT2D eigenvalue weighted by Crippen LogP contribution is 2.33. The average Bonchev–Trinajstić information content (AvgIpc) is 3.23. The Morgan fingerprint density at radius 2 is 2.10 bits per heavy atom. The summed E-state index contributed by atoms with van der Waals surface area (Å²) >= 11 is 0. The molecule has 1 N–H and O–H groups in total. The number of hydrogen-bond donors (Lipinski definition) is 1.